The van der Waals surface area contributed by atoms with E-state index < -0.39 is 22.1 Å². The topological polar surface area (TPSA) is 24.7 Å². The van der Waals surface area contributed by atoms with E-state index in [1.165, 1.54) is 0 Å². The van der Waals surface area contributed by atoms with Gasteiger partial charge < -0.3 is 0 Å². The lowest BCUT2D eigenvalue weighted by atomic mass is 10.2. The predicted octanol–water partition coefficient (Wildman–Crippen LogP) is 2.47. The number of nitrogens with zero attached hydrogens (tertiary/aromatic N) is 2. The van der Waals surface area contributed by atoms with E-state index in [2.05, 4.69) is 9.98 Å². The van der Waals surface area contributed by atoms with Crippen LogP contribution < -0.4 is 0 Å². The lowest BCUT2D eigenvalue weighted by Crippen LogP contribution is -2.41. The van der Waals surface area contributed by atoms with Crippen LogP contribution in [0.5, 0.6) is 0 Å². The van der Waals surface area contributed by atoms with Crippen molar-refractivity contribution in [2.24, 2.45) is 9.98 Å². The van der Waals surface area contributed by atoms with Crippen molar-refractivity contribution in [3.05, 3.63) is 0 Å². The Kier molecular flexibility index (Phi) is 2.91. The van der Waals surface area contributed by atoms with Crippen molar-refractivity contribution in [1.29, 1.82) is 0 Å². The summed E-state index contributed by atoms with van der Waals surface area (Å²) >= 11 is 16.2. The maximum Gasteiger partial charge on any atom is 0.285 e. The summed E-state index contributed by atoms with van der Waals surface area (Å²) in [6.07, 6.45) is -1.14. The van der Waals surface area contributed by atoms with Crippen molar-refractivity contribution < 1.29 is 8.78 Å². The fourth-order valence-corrected chi connectivity index (χ4v) is 0.993. The molecule has 0 radical (unpaired) electrons. The molecule has 7 heteroatoms. The van der Waals surface area contributed by atoms with E-state index in [-0.39, 0.29) is 0 Å². The standard InChI is InChI=1S/C5H3Cl3F2N2/c6-2(7)5(8)1-11-4(10)12-3(5)9/h1-2,4H. The van der Waals surface area contributed by atoms with E-state index in [4.69, 9.17) is 34.8 Å². The molecule has 68 valence electrons. The van der Waals surface area contributed by atoms with E-state index in [0.29, 0.717) is 0 Å². The predicted molar refractivity (Wildman–Crippen MR) is 46.0 cm³/mol. The Bertz CT molecular complexity index is 243. The average molecular weight is 235 g/mol. The molecule has 0 aromatic heterocycles. The van der Waals surface area contributed by atoms with E-state index in [1.54, 1.807) is 0 Å². The molecule has 1 aliphatic rings. The summed E-state index contributed by atoms with van der Waals surface area (Å²) in [7, 11) is 0. The zero-order chi connectivity index (χ0) is 9.35. The Morgan fingerprint density at radius 2 is 2.17 bits per heavy atom. The Hall–Kier alpha value is 0.0700. The van der Waals surface area contributed by atoms with Crippen molar-refractivity contribution in [3.63, 3.8) is 0 Å². The lowest BCUT2D eigenvalue weighted by Gasteiger charge is -2.23. The number of halogens is 5. The van der Waals surface area contributed by atoms with Crippen molar-refractivity contribution >= 4 is 47.0 Å². The highest BCUT2D eigenvalue weighted by molar-refractivity contribution is 6.58. The molecule has 0 amide bonds. The third-order valence-corrected chi connectivity index (χ3v) is 2.62. The average Bonchev–Trinajstić information content (AvgIpc) is 1.97. The van der Waals surface area contributed by atoms with Gasteiger partial charge in [0.1, 0.15) is 4.84 Å². The largest absolute Gasteiger partial charge is 0.285 e. The minimum absolute atomic E-state index is 0.812. The smallest absolute Gasteiger partial charge is 0.238 e. The minimum Gasteiger partial charge on any atom is -0.238 e. The molecule has 0 saturated heterocycles. The van der Waals surface area contributed by atoms with Crippen molar-refractivity contribution in [2.45, 2.75) is 16.1 Å². The summed E-state index contributed by atoms with van der Waals surface area (Å²) in [5, 5.41) is 0. The third kappa shape index (κ3) is 1.70. The molecule has 1 aliphatic heterocycles. The van der Waals surface area contributed by atoms with Gasteiger partial charge in [-0.05, 0) is 0 Å². The normalized spacial score (nSPS) is 35.5. The molecule has 0 aliphatic carbocycles. The van der Waals surface area contributed by atoms with Crippen LogP contribution in [0.15, 0.2) is 9.98 Å². The van der Waals surface area contributed by atoms with Crippen LogP contribution in [0.25, 0.3) is 0 Å². The number of aliphatic imine (C=N–C) groups is 2. The highest BCUT2D eigenvalue weighted by atomic mass is 35.5. The van der Waals surface area contributed by atoms with Crippen molar-refractivity contribution in [3.8, 4) is 0 Å². The first kappa shape index (κ1) is 10.2. The lowest BCUT2D eigenvalue weighted by molar-refractivity contribution is 0.353. The summed E-state index contributed by atoms with van der Waals surface area (Å²) in [6.45, 7) is 0. The van der Waals surface area contributed by atoms with Gasteiger partial charge in [-0.1, -0.05) is 0 Å². The third-order valence-electron chi connectivity index (χ3n) is 1.24. The Labute approximate surface area is 82.2 Å². The fourth-order valence-electron chi connectivity index (χ4n) is 0.595. The molecular weight excluding hydrogens is 232 g/mol. The Morgan fingerprint density at radius 1 is 1.58 bits per heavy atom. The van der Waals surface area contributed by atoms with Gasteiger partial charge in [0.25, 0.3) is 6.42 Å². The molecule has 2 nitrogen and oxygen atoms in total. The number of hydrogen-bond acceptors (Lipinski definition) is 2. The summed E-state index contributed by atoms with van der Waals surface area (Å²) in [4.78, 5) is 2.88. The van der Waals surface area contributed by atoms with Crippen LogP contribution in [0, 0.1) is 0 Å². The molecule has 0 spiro atoms. The molecule has 0 fully saturated rings. The Morgan fingerprint density at radius 3 is 2.58 bits per heavy atom. The van der Waals surface area contributed by atoms with Crippen LogP contribution >= 0.6 is 34.8 Å². The first-order valence-electron chi connectivity index (χ1n) is 2.86. The van der Waals surface area contributed by atoms with Crippen LogP contribution in [-0.2, 0) is 0 Å². The van der Waals surface area contributed by atoms with Crippen molar-refractivity contribution in [2.75, 3.05) is 0 Å². The molecule has 0 N–H and O–H groups in total. The zero-order valence-corrected chi connectivity index (χ0v) is 7.78. The molecule has 0 bridgehead atoms. The highest BCUT2D eigenvalue weighted by Crippen LogP contribution is 2.31. The summed E-state index contributed by atoms with van der Waals surface area (Å²) < 4.78 is 25.1. The van der Waals surface area contributed by atoms with Gasteiger partial charge in [-0.25, -0.2) is 9.98 Å². The molecule has 1 heterocycles. The fraction of sp³-hybridized carbons (Fsp3) is 0.600. The number of alkyl halides is 4. The van der Waals surface area contributed by atoms with Gasteiger partial charge >= 0.3 is 0 Å². The second-order valence-electron chi connectivity index (χ2n) is 2.08. The van der Waals surface area contributed by atoms with Gasteiger partial charge in [-0.15, -0.1) is 34.8 Å². The van der Waals surface area contributed by atoms with Gasteiger partial charge in [-0.2, -0.15) is 8.78 Å². The van der Waals surface area contributed by atoms with Crippen LogP contribution in [0.1, 0.15) is 0 Å². The second kappa shape index (κ2) is 3.44. The molecule has 0 aromatic carbocycles. The summed E-state index contributed by atoms with van der Waals surface area (Å²) in [5.41, 5.74) is 0. The highest BCUT2D eigenvalue weighted by Gasteiger charge is 2.42. The second-order valence-corrected chi connectivity index (χ2v) is 3.80. The van der Waals surface area contributed by atoms with Crippen LogP contribution in [0.2, 0.25) is 0 Å². The van der Waals surface area contributed by atoms with Gasteiger partial charge in [0.15, 0.2) is 4.87 Å². The van der Waals surface area contributed by atoms with Crippen LogP contribution in [0.3, 0.4) is 0 Å². The summed E-state index contributed by atoms with van der Waals surface area (Å²) in [5.74, 6) is -1.17. The minimum atomic E-state index is -1.95. The van der Waals surface area contributed by atoms with Gasteiger partial charge in [-0.3, -0.25) is 0 Å². The van der Waals surface area contributed by atoms with Gasteiger partial charge in [0, 0.05) is 6.21 Å². The maximum atomic E-state index is 12.9. The van der Waals surface area contributed by atoms with Crippen LogP contribution in [0.4, 0.5) is 8.78 Å². The molecule has 2 atom stereocenters. The van der Waals surface area contributed by atoms with Gasteiger partial charge in [0.2, 0.25) is 5.97 Å². The maximum absolute atomic E-state index is 12.9. The molecule has 2 unspecified atom stereocenters. The van der Waals surface area contributed by atoms with Crippen molar-refractivity contribution in [1.82, 2.24) is 0 Å². The van der Waals surface area contributed by atoms with E-state index in [0.717, 1.165) is 6.21 Å². The quantitative estimate of drug-likeness (QED) is 0.493. The molecule has 0 aromatic rings. The molecule has 0 saturated carbocycles. The zero-order valence-electron chi connectivity index (χ0n) is 5.52. The molecule has 12 heavy (non-hydrogen) atoms. The SMILES string of the molecule is FC1=NC(F)N=CC1(Cl)C(Cl)Cl. The van der Waals surface area contributed by atoms with Crippen LogP contribution in [-0.4, -0.2) is 28.3 Å². The first-order chi connectivity index (χ1) is 5.47. The number of rotatable bonds is 1. The Balaban J connectivity index is 2.94. The van der Waals surface area contributed by atoms with E-state index in [1.807, 2.05) is 0 Å². The molecular formula is C5H3Cl3F2N2. The first-order valence-corrected chi connectivity index (χ1v) is 4.11. The monoisotopic (exact) mass is 234 g/mol. The number of hydrogen-bond donors (Lipinski definition) is 0. The van der Waals surface area contributed by atoms with E-state index >= 15 is 0 Å². The molecule has 1 rings (SSSR count). The van der Waals surface area contributed by atoms with Gasteiger partial charge in [0.05, 0.1) is 0 Å². The summed E-state index contributed by atoms with van der Waals surface area (Å²) in [6, 6.07) is 0. The van der Waals surface area contributed by atoms with E-state index in [9.17, 15) is 8.78 Å².